The number of fused-ring (bicyclic) bond motifs is 2. The molecule has 0 saturated carbocycles. The second-order valence-corrected chi connectivity index (χ2v) is 10.9. The van der Waals surface area contributed by atoms with E-state index in [-0.39, 0.29) is 22.6 Å². The van der Waals surface area contributed by atoms with Crippen LogP contribution in [0.15, 0.2) is 47.5 Å². The third-order valence-electron chi connectivity index (χ3n) is 5.92. The number of likely N-dealkylation sites (N-methyl/N-ethyl adjacent to an activating group) is 1. The van der Waals surface area contributed by atoms with Crippen molar-refractivity contribution in [2.75, 3.05) is 26.0 Å². The first-order valence-corrected chi connectivity index (χ1v) is 12.8. The maximum atomic E-state index is 13.7. The second kappa shape index (κ2) is 11.0. The third kappa shape index (κ3) is 6.21. The number of amides is 2. The predicted molar refractivity (Wildman–Crippen MR) is 150 cm³/mol. The van der Waals surface area contributed by atoms with Crippen LogP contribution in [0.3, 0.4) is 0 Å². The van der Waals surface area contributed by atoms with Gasteiger partial charge in [-0.2, -0.15) is 0 Å². The summed E-state index contributed by atoms with van der Waals surface area (Å²) in [6.07, 6.45) is 2.40. The summed E-state index contributed by atoms with van der Waals surface area (Å²) in [7, 11) is 3.84. The Morgan fingerprint density at radius 2 is 1.95 bits per heavy atom. The van der Waals surface area contributed by atoms with Crippen molar-refractivity contribution in [2.45, 2.75) is 45.9 Å². The van der Waals surface area contributed by atoms with Gasteiger partial charge in [0.15, 0.2) is 11.5 Å². The highest BCUT2D eigenvalue weighted by Crippen LogP contribution is 2.25. The van der Waals surface area contributed by atoms with E-state index in [1.807, 2.05) is 31.1 Å². The number of anilines is 1. The van der Waals surface area contributed by atoms with E-state index < -0.39 is 23.6 Å². The Bertz CT molecular complexity index is 1600. The van der Waals surface area contributed by atoms with Crippen molar-refractivity contribution in [3.8, 4) is 0 Å². The molecule has 0 bridgehead atoms. The molecule has 0 spiro atoms. The van der Waals surface area contributed by atoms with Gasteiger partial charge in [-0.25, -0.2) is 14.3 Å². The van der Waals surface area contributed by atoms with Crippen molar-refractivity contribution in [3.05, 3.63) is 69.4 Å². The van der Waals surface area contributed by atoms with Gasteiger partial charge in [0.05, 0.1) is 16.5 Å². The molecule has 4 aromatic rings. The van der Waals surface area contributed by atoms with Crippen LogP contribution in [0, 0.1) is 0 Å². The minimum absolute atomic E-state index is 0.00272. The average Bonchev–Trinajstić information content (AvgIpc) is 3.19. The first-order valence-electron chi connectivity index (χ1n) is 12.5. The van der Waals surface area contributed by atoms with Crippen molar-refractivity contribution in [2.24, 2.45) is 0 Å². The predicted octanol–water partition coefficient (Wildman–Crippen LogP) is 4.10. The molecule has 39 heavy (non-hydrogen) atoms. The van der Waals surface area contributed by atoms with E-state index in [1.54, 1.807) is 56.7 Å². The van der Waals surface area contributed by atoms with Gasteiger partial charge in [0, 0.05) is 31.2 Å². The summed E-state index contributed by atoms with van der Waals surface area (Å²) in [5.74, 6) is -0.525. The molecule has 0 radical (unpaired) electrons. The van der Waals surface area contributed by atoms with E-state index in [0.717, 1.165) is 0 Å². The summed E-state index contributed by atoms with van der Waals surface area (Å²) < 4.78 is 8.38. The van der Waals surface area contributed by atoms with Crippen molar-refractivity contribution in [3.63, 3.8) is 0 Å². The summed E-state index contributed by atoms with van der Waals surface area (Å²) in [6, 6.07) is 8.20. The number of carbonyl (C=O) groups excluding carboxylic acids is 2. The lowest BCUT2D eigenvalue weighted by Crippen LogP contribution is -2.35. The molecule has 0 unspecified atom stereocenters. The average molecular weight is 554 g/mol. The van der Waals surface area contributed by atoms with Gasteiger partial charge < -0.3 is 19.5 Å². The molecule has 0 saturated heterocycles. The SMILES string of the molecule is C[C@H](NC(=O)c1c(NC(=O)OC(C)(C)C)nn2cccnc12)c1cc2cccc(Cl)c2c(=O)n1CCN(C)C. The number of halogens is 1. The first-order chi connectivity index (χ1) is 18.4. The minimum atomic E-state index is -0.753. The molecule has 0 aliphatic heterocycles. The van der Waals surface area contributed by atoms with Gasteiger partial charge in [0.2, 0.25) is 0 Å². The molecule has 0 aliphatic carbocycles. The number of pyridine rings is 1. The van der Waals surface area contributed by atoms with E-state index in [2.05, 4.69) is 20.7 Å². The van der Waals surface area contributed by atoms with E-state index in [9.17, 15) is 14.4 Å². The maximum absolute atomic E-state index is 13.7. The number of benzene rings is 1. The van der Waals surface area contributed by atoms with Crippen molar-refractivity contribution < 1.29 is 14.3 Å². The number of hydrogen-bond acceptors (Lipinski definition) is 7. The molecule has 12 heteroatoms. The third-order valence-corrected chi connectivity index (χ3v) is 6.24. The Hall–Kier alpha value is -3.96. The Kier molecular flexibility index (Phi) is 7.94. The molecule has 2 amide bonds. The molecular weight excluding hydrogens is 522 g/mol. The Morgan fingerprint density at radius 3 is 2.64 bits per heavy atom. The van der Waals surface area contributed by atoms with Crippen LogP contribution in [0.25, 0.3) is 16.4 Å². The van der Waals surface area contributed by atoms with E-state index in [4.69, 9.17) is 16.3 Å². The van der Waals surface area contributed by atoms with Crippen molar-refractivity contribution in [1.29, 1.82) is 0 Å². The molecule has 4 rings (SSSR count). The molecule has 3 heterocycles. The highest BCUT2D eigenvalue weighted by Gasteiger charge is 2.27. The highest BCUT2D eigenvalue weighted by molar-refractivity contribution is 6.35. The molecule has 1 atom stereocenters. The van der Waals surface area contributed by atoms with E-state index in [0.29, 0.717) is 34.6 Å². The number of ether oxygens (including phenoxy) is 1. The smallest absolute Gasteiger partial charge is 0.413 e. The Labute approximate surface area is 230 Å². The zero-order valence-electron chi connectivity index (χ0n) is 22.8. The van der Waals surface area contributed by atoms with Crippen LogP contribution < -0.4 is 16.2 Å². The Morgan fingerprint density at radius 1 is 1.21 bits per heavy atom. The topological polar surface area (TPSA) is 123 Å². The molecule has 2 N–H and O–H groups in total. The van der Waals surface area contributed by atoms with Gasteiger partial charge in [0.25, 0.3) is 11.5 Å². The number of rotatable bonds is 7. The minimum Gasteiger partial charge on any atom is -0.444 e. The van der Waals surface area contributed by atoms with Gasteiger partial charge in [-0.05, 0) is 65.4 Å². The number of aromatic nitrogens is 4. The molecule has 0 aliphatic rings. The summed E-state index contributed by atoms with van der Waals surface area (Å²) in [6.45, 7) is 7.99. The lowest BCUT2D eigenvalue weighted by Gasteiger charge is -2.22. The maximum Gasteiger partial charge on any atom is 0.413 e. The van der Waals surface area contributed by atoms with Crippen LogP contribution in [0.4, 0.5) is 10.6 Å². The van der Waals surface area contributed by atoms with Crippen LogP contribution in [-0.4, -0.2) is 62.3 Å². The highest BCUT2D eigenvalue weighted by atomic mass is 35.5. The monoisotopic (exact) mass is 553 g/mol. The van der Waals surface area contributed by atoms with Gasteiger partial charge in [0.1, 0.15) is 11.2 Å². The van der Waals surface area contributed by atoms with Crippen LogP contribution in [0.2, 0.25) is 5.02 Å². The van der Waals surface area contributed by atoms with Crippen LogP contribution >= 0.6 is 11.6 Å². The van der Waals surface area contributed by atoms with Crippen molar-refractivity contribution >= 4 is 45.8 Å². The molecule has 3 aromatic heterocycles. The fourth-order valence-electron chi connectivity index (χ4n) is 4.19. The van der Waals surface area contributed by atoms with Gasteiger partial charge in [-0.1, -0.05) is 23.7 Å². The molecule has 206 valence electrons. The van der Waals surface area contributed by atoms with Gasteiger partial charge in [-0.3, -0.25) is 14.9 Å². The van der Waals surface area contributed by atoms with Crippen LogP contribution in [0.5, 0.6) is 0 Å². The molecular formula is C27H32ClN7O4. The molecule has 1 aromatic carbocycles. The number of nitrogens with zero attached hydrogens (tertiary/aromatic N) is 5. The van der Waals surface area contributed by atoms with Crippen LogP contribution in [0.1, 0.15) is 49.8 Å². The lowest BCUT2D eigenvalue weighted by atomic mass is 10.1. The summed E-state index contributed by atoms with van der Waals surface area (Å²) >= 11 is 6.38. The standard InChI is InChI=1S/C27H32ClN7O4/c1-16(19-15-17-9-7-10-18(28)20(17)25(37)34(19)14-13-33(5)6)30-24(36)21-22(31-26(38)39-27(2,3)4)32-35-12-8-11-29-23(21)35/h7-12,15-16H,13-14H2,1-6H3,(H,30,36)(H,31,32,38)/t16-/m0/s1. The number of carbonyl (C=O) groups is 2. The lowest BCUT2D eigenvalue weighted by molar-refractivity contribution is 0.0635. The Balaban J connectivity index is 1.73. The van der Waals surface area contributed by atoms with E-state index in [1.165, 1.54) is 10.7 Å². The largest absolute Gasteiger partial charge is 0.444 e. The summed E-state index contributed by atoms with van der Waals surface area (Å²) in [4.78, 5) is 45.9. The van der Waals surface area contributed by atoms with Gasteiger partial charge >= 0.3 is 6.09 Å². The first kappa shape index (κ1) is 28.1. The fourth-order valence-corrected chi connectivity index (χ4v) is 4.45. The number of nitrogens with one attached hydrogen (secondary N) is 2. The quantitative estimate of drug-likeness (QED) is 0.353. The van der Waals surface area contributed by atoms with Crippen molar-refractivity contribution in [1.82, 2.24) is 29.4 Å². The van der Waals surface area contributed by atoms with Crippen LogP contribution in [-0.2, 0) is 11.3 Å². The fraction of sp³-hybridized carbons (Fsp3) is 0.370. The number of hydrogen-bond donors (Lipinski definition) is 2. The molecule has 0 fully saturated rings. The molecule has 11 nitrogen and oxygen atoms in total. The second-order valence-electron chi connectivity index (χ2n) is 10.5. The zero-order chi connectivity index (χ0) is 28.5. The van der Waals surface area contributed by atoms with E-state index >= 15 is 0 Å². The summed E-state index contributed by atoms with van der Waals surface area (Å²) in [5, 5.41) is 11.3. The summed E-state index contributed by atoms with van der Waals surface area (Å²) in [5.41, 5.74) is -0.0481. The zero-order valence-corrected chi connectivity index (χ0v) is 23.5. The van der Waals surface area contributed by atoms with Gasteiger partial charge in [-0.15, -0.1) is 5.10 Å². The normalized spacial score (nSPS) is 12.6.